The van der Waals surface area contributed by atoms with Crippen LogP contribution in [0.1, 0.15) is 80.1 Å². The predicted molar refractivity (Wildman–Crippen MR) is 134 cm³/mol. The van der Waals surface area contributed by atoms with Gasteiger partial charge in [0.25, 0.3) is 5.91 Å². The Balaban J connectivity index is 1.70. The molecule has 0 bridgehead atoms. The number of nitrogens with zero attached hydrogens (tertiary/aromatic N) is 2. The molecule has 3 rings (SSSR count). The zero-order valence-corrected chi connectivity index (χ0v) is 20.0. The summed E-state index contributed by atoms with van der Waals surface area (Å²) in [6.07, 6.45) is 9.19. The quantitative estimate of drug-likeness (QED) is 0.281. The van der Waals surface area contributed by atoms with Crippen LogP contribution in [0.2, 0.25) is 0 Å². The number of unbranched alkanes of at least 4 members (excludes halogenated alkanes) is 3. The molecule has 0 aliphatic rings. The van der Waals surface area contributed by atoms with Crippen LogP contribution in [0.25, 0.3) is 0 Å². The summed E-state index contributed by atoms with van der Waals surface area (Å²) in [5.74, 6) is 0.115. The standard InChI is InChI=1S/C29H38N2O/c1-4-6-7-9-13-25-17-19-27(20-18-25)29(32)31(24(3)5-2)23-28-16-12-21-30(28)22-26-14-10-8-11-15-26/h8,10-12,14-21,24H,4-7,9,13,22-23H2,1-3H3/t24-/m0/s1. The van der Waals surface area contributed by atoms with Crippen LogP contribution >= 0.6 is 0 Å². The van der Waals surface area contributed by atoms with E-state index < -0.39 is 0 Å². The van der Waals surface area contributed by atoms with Gasteiger partial charge in [-0.2, -0.15) is 0 Å². The van der Waals surface area contributed by atoms with Gasteiger partial charge in [-0.05, 0) is 61.6 Å². The largest absolute Gasteiger partial charge is 0.345 e. The van der Waals surface area contributed by atoms with Gasteiger partial charge in [0.15, 0.2) is 0 Å². The Morgan fingerprint density at radius 1 is 0.875 bits per heavy atom. The molecule has 0 spiro atoms. The van der Waals surface area contributed by atoms with Crippen molar-refractivity contribution in [3.8, 4) is 0 Å². The van der Waals surface area contributed by atoms with Gasteiger partial charge in [0.05, 0.1) is 6.54 Å². The lowest BCUT2D eigenvalue weighted by Gasteiger charge is -2.29. The van der Waals surface area contributed by atoms with Crippen molar-refractivity contribution < 1.29 is 4.79 Å². The molecule has 0 saturated carbocycles. The molecule has 32 heavy (non-hydrogen) atoms. The van der Waals surface area contributed by atoms with Crippen molar-refractivity contribution in [2.24, 2.45) is 0 Å². The fourth-order valence-corrected chi connectivity index (χ4v) is 4.09. The minimum absolute atomic E-state index is 0.115. The number of carbonyl (C=O) groups excluding carboxylic acids is 1. The van der Waals surface area contributed by atoms with E-state index in [0.717, 1.165) is 30.6 Å². The van der Waals surface area contributed by atoms with Gasteiger partial charge >= 0.3 is 0 Å². The van der Waals surface area contributed by atoms with Gasteiger partial charge in [0.1, 0.15) is 0 Å². The Kier molecular flexibility index (Phi) is 9.15. The molecule has 170 valence electrons. The molecule has 3 aromatic rings. The third kappa shape index (κ3) is 6.59. The first kappa shape index (κ1) is 23.8. The van der Waals surface area contributed by atoms with E-state index >= 15 is 0 Å². The van der Waals surface area contributed by atoms with E-state index in [-0.39, 0.29) is 11.9 Å². The molecule has 3 heteroatoms. The van der Waals surface area contributed by atoms with Gasteiger partial charge < -0.3 is 9.47 Å². The van der Waals surface area contributed by atoms with Crippen molar-refractivity contribution in [1.29, 1.82) is 0 Å². The number of hydrogen-bond acceptors (Lipinski definition) is 1. The van der Waals surface area contributed by atoms with Crippen molar-refractivity contribution >= 4 is 5.91 Å². The monoisotopic (exact) mass is 430 g/mol. The van der Waals surface area contributed by atoms with E-state index in [1.165, 1.54) is 36.8 Å². The number of aryl methyl sites for hydroxylation is 1. The maximum Gasteiger partial charge on any atom is 0.254 e. The van der Waals surface area contributed by atoms with Gasteiger partial charge in [-0.15, -0.1) is 0 Å². The van der Waals surface area contributed by atoms with Crippen LogP contribution in [-0.2, 0) is 19.5 Å². The Morgan fingerprint density at radius 2 is 1.62 bits per heavy atom. The summed E-state index contributed by atoms with van der Waals surface area (Å²) in [5.41, 5.74) is 4.53. The molecule has 1 atom stereocenters. The maximum absolute atomic E-state index is 13.5. The normalized spacial score (nSPS) is 12.0. The van der Waals surface area contributed by atoms with E-state index in [2.05, 4.69) is 80.1 Å². The molecule has 1 heterocycles. The topological polar surface area (TPSA) is 25.2 Å². The van der Waals surface area contributed by atoms with E-state index in [1.807, 2.05) is 23.1 Å². The van der Waals surface area contributed by atoms with E-state index in [4.69, 9.17) is 0 Å². The number of benzene rings is 2. The summed E-state index contributed by atoms with van der Waals surface area (Å²) in [6, 6.07) is 23.1. The van der Waals surface area contributed by atoms with Crippen LogP contribution in [0.3, 0.4) is 0 Å². The van der Waals surface area contributed by atoms with Crippen molar-refractivity contribution in [3.05, 3.63) is 95.3 Å². The molecule has 0 saturated heterocycles. The van der Waals surface area contributed by atoms with Crippen LogP contribution in [0, 0.1) is 0 Å². The van der Waals surface area contributed by atoms with Gasteiger partial charge in [-0.3, -0.25) is 4.79 Å². The van der Waals surface area contributed by atoms with Crippen molar-refractivity contribution in [3.63, 3.8) is 0 Å². The molecule has 0 aliphatic heterocycles. The molecule has 1 aromatic heterocycles. The number of rotatable bonds is 12. The maximum atomic E-state index is 13.5. The lowest BCUT2D eigenvalue weighted by Crippen LogP contribution is -2.38. The third-order valence-electron chi connectivity index (χ3n) is 6.36. The number of carbonyl (C=O) groups is 1. The van der Waals surface area contributed by atoms with Gasteiger partial charge in [-0.1, -0.05) is 75.6 Å². The molecular formula is C29H38N2O. The highest BCUT2D eigenvalue weighted by molar-refractivity contribution is 5.94. The summed E-state index contributed by atoms with van der Waals surface area (Å²) in [4.78, 5) is 15.5. The second kappa shape index (κ2) is 12.3. The molecule has 3 nitrogen and oxygen atoms in total. The Bertz CT molecular complexity index is 943. The van der Waals surface area contributed by atoms with Crippen molar-refractivity contribution in [1.82, 2.24) is 9.47 Å². The van der Waals surface area contributed by atoms with Crippen molar-refractivity contribution in [2.45, 2.75) is 78.4 Å². The minimum atomic E-state index is 0.115. The molecular weight excluding hydrogens is 392 g/mol. The van der Waals surface area contributed by atoms with Gasteiger partial charge in [0.2, 0.25) is 0 Å². The SMILES string of the molecule is CCCCCCc1ccc(C(=O)N(Cc2cccn2Cc2ccccc2)[C@@H](C)CC)cc1. The minimum Gasteiger partial charge on any atom is -0.345 e. The van der Waals surface area contributed by atoms with Crippen LogP contribution in [0.5, 0.6) is 0 Å². The zero-order chi connectivity index (χ0) is 22.8. The Hall–Kier alpha value is -2.81. The van der Waals surface area contributed by atoms with Crippen LogP contribution < -0.4 is 0 Å². The fraction of sp³-hybridized carbons (Fsp3) is 0.414. The Morgan fingerprint density at radius 3 is 2.31 bits per heavy atom. The molecule has 2 aromatic carbocycles. The van der Waals surface area contributed by atoms with Crippen LogP contribution in [0.4, 0.5) is 0 Å². The van der Waals surface area contributed by atoms with E-state index in [0.29, 0.717) is 6.54 Å². The molecule has 1 amide bonds. The average molecular weight is 431 g/mol. The molecule has 0 radical (unpaired) electrons. The van der Waals surface area contributed by atoms with Gasteiger partial charge in [0, 0.05) is 30.0 Å². The molecule has 0 aliphatic carbocycles. The smallest absolute Gasteiger partial charge is 0.254 e. The van der Waals surface area contributed by atoms with E-state index in [9.17, 15) is 4.79 Å². The molecule has 0 unspecified atom stereocenters. The highest BCUT2D eigenvalue weighted by Crippen LogP contribution is 2.18. The van der Waals surface area contributed by atoms with Gasteiger partial charge in [-0.25, -0.2) is 0 Å². The number of amides is 1. The van der Waals surface area contributed by atoms with Crippen LogP contribution in [0.15, 0.2) is 72.9 Å². The summed E-state index contributed by atoms with van der Waals surface area (Å²) in [6.45, 7) is 7.96. The number of hydrogen-bond donors (Lipinski definition) is 0. The van der Waals surface area contributed by atoms with Crippen molar-refractivity contribution in [2.75, 3.05) is 0 Å². The van der Waals surface area contributed by atoms with E-state index in [1.54, 1.807) is 0 Å². The highest BCUT2D eigenvalue weighted by atomic mass is 16.2. The molecule has 0 fully saturated rings. The van der Waals surface area contributed by atoms with Crippen LogP contribution in [-0.4, -0.2) is 21.4 Å². The number of aromatic nitrogens is 1. The highest BCUT2D eigenvalue weighted by Gasteiger charge is 2.22. The Labute approximate surface area is 194 Å². The molecule has 0 N–H and O–H groups in total. The first-order valence-electron chi connectivity index (χ1n) is 12.2. The average Bonchev–Trinajstić information content (AvgIpc) is 3.27. The first-order chi connectivity index (χ1) is 15.6. The summed E-state index contributed by atoms with van der Waals surface area (Å²) < 4.78 is 2.25. The lowest BCUT2D eigenvalue weighted by atomic mass is 10.0. The fourth-order valence-electron chi connectivity index (χ4n) is 4.09. The zero-order valence-electron chi connectivity index (χ0n) is 20.0. The summed E-state index contributed by atoms with van der Waals surface area (Å²) in [7, 11) is 0. The summed E-state index contributed by atoms with van der Waals surface area (Å²) in [5, 5.41) is 0. The first-order valence-corrected chi connectivity index (χ1v) is 12.2. The predicted octanol–water partition coefficient (Wildman–Crippen LogP) is 7.10. The second-order valence-corrected chi connectivity index (χ2v) is 8.81. The lowest BCUT2D eigenvalue weighted by molar-refractivity contribution is 0.0667. The summed E-state index contributed by atoms with van der Waals surface area (Å²) >= 11 is 0. The third-order valence-corrected chi connectivity index (χ3v) is 6.36. The second-order valence-electron chi connectivity index (χ2n) is 8.81.